The van der Waals surface area contributed by atoms with E-state index in [4.69, 9.17) is 0 Å². The van der Waals surface area contributed by atoms with Crippen molar-refractivity contribution in [2.75, 3.05) is 5.32 Å². The van der Waals surface area contributed by atoms with Crippen molar-refractivity contribution in [1.29, 1.82) is 0 Å². The summed E-state index contributed by atoms with van der Waals surface area (Å²) in [5, 5.41) is 2.95. The molecule has 0 unspecified atom stereocenters. The van der Waals surface area contributed by atoms with Gasteiger partial charge in [-0.1, -0.05) is 34.1 Å². The molecule has 0 saturated heterocycles. The normalized spacial score (nSPS) is 13.2. The van der Waals surface area contributed by atoms with Gasteiger partial charge in [-0.15, -0.1) is 0 Å². The molecule has 3 rings (SSSR count). The summed E-state index contributed by atoms with van der Waals surface area (Å²) >= 11 is 3.46. The van der Waals surface area contributed by atoms with Crippen molar-refractivity contribution in [1.82, 2.24) is 4.90 Å². The van der Waals surface area contributed by atoms with Gasteiger partial charge in [0.2, 0.25) is 0 Å². The fourth-order valence-electron chi connectivity index (χ4n) is 2.43. The summed E-state index contributed by atoms with van der Waals surface area (Å²) in [5.41, 5.74) is 4.40. The van der Waals surface area contributed by atoms with E-state index in [1.165, 1.54) is 11.1 Å². The highest BCUT2D eigenvalue weighted by molar-refractivity contribution is 9.10. The summed E-state index contributed by atoms with van der Waals surface area (Å²) in [7, 11) is 0. The van der Waals surface area contributed by atoms with E-state index in [1.807, 2.05) is 42.2 Å². The largest absolute Gasteiger partial charge is 0.322 e. The molecule has 0 spiro atoms. The number of fused-ring (bicyclic) bond motifs is 1. The van der Waals surface area contributed by atoms with Gasteiger partial charge in [-0.05, 0) is 47.9 Å². The zero-order chi connectivity index (χ0) is 14.1. The van der Waals surface area contributed by atoms with E-state index < -0.39 is 0 Å². The van der Waals surface area contributed by atoms with Crippen LogP contribution in [0.15, 0.2) is 46.9 Å². The number of rotatable bonds is 1. The minimum atomic E-state index is -0.0528. The lowest BCUT2D eigenvalue weighted by molar-refractivity contribution is 0.212. The summed E-state index contributed by atoms with van der Waals surface area (Å²) < 4.78 is 1.05. The maximum Gasteiger partial charge on any atom is 0.322 e. The van der Waals surface area contributed by atoms with E-state index in [-0.39, 0.29) is 6.03 Å². The minimum Gasteiger partial charge on any atom is -0.316 e. The second kappa shape index (κ2) is 5.29. The predicted molar refractivity (Wildman–Crippen MR) is 83.6 cm³/mol. The van der Waals surface area contributed by atoms with Gasteiger partial charge in [0.1, 0.15) is 0 Å². The SMILES string of the molecule is Cc1cccc(NC(=O)N2Cc3ccc(Br)cc3C2)c1. The van der Waals surface area contributed by atoms with Crippen molar-refractivity contribution < 1.29 is 4.79 Å². The monoisotopic (exact) mass is 330 g/mol. The van der Waals surface area contributed by atoms with Crippen LogP contribution in [0.4, 0.5) is 10.5 Å². The standard InChI is InChI=1S/C16H15BrN2O/c1-11-3-2-4-15(7-11)18-16(20)19-9-12-5-6-14(17)8-13(12)10-19/h2-8H,9-10H2,1H3,(H,18,20). The molecule has 0 atom stereocenters. The van der Waals surface area contributed by atoms with Crippen LogP contribution < -0.4 is 5.32 Å². The highest BCUT2D eigenvalue weighted by atomic mass is 79.9. The van der Waals surface area contributed by atoms with Crippen LogP contribution in [0, 0.1) is 6.92 Å². The Bertz CT molecular complexity index is 669. The molecule has 2 amide bonds. The van der Waals surface area contributed by atoms with Gasteiger partial charge in [0, 0.05) is 23.2 Å². The van der Waals surface area contributed by atoms with Crippen molar-refractivity contribution >= 4 is 27.6 Å². The Labute approximate surface area is 126 Å². The number of urea groups is 1. The van der Waals surface area contributed by atoms with E-state index in [9.17, 15) is 4.79 Å². The molecule has 0 fully saturated rings. The second-order valence-electron chi connectivity index (χ2n) is 5.07. The number of anilines is 1. The number of nitrogens with zero attached hydrogens (tertiary/aromatic N) is 1. The molecule has 20 heavy (non-hydrogen) atoms. The van der Waals surface area contributed by atoms with Gasteiger partial charge in [-0.25, -0.2) is 4.79 Å². The molecular formula is C16H15BrN2O. The number of aryl methyl sites for hydroxylation is 1. The third-order valence-corrected chi connectivity index (χ3v) is 3.94. The molecule has 1 heterocycles. The smallest absolute Gasteiger partial charge is 0.316 e. The first kappa shape index (κ1) is 13.2. The van der Waals surface area contributed by atoms with E-state index in [1.54, 1.807) is 0 Å². The maximum absolute atomic E-state index is 12.3. The van der Waals surface area contributed by atoms with Crippen LogP contribution in [0.2, 0.25) is 0 Å². The number of carbonyl (C=O) groups excluding carboxylic acids is 1. The van der Waals surface area contributed by atoms with Crippen molar-refractivity contribution in [2.24, 2.45) is 0 Å². The van der Waals surface area contributed by atoms with Crippen molar-refractivity contribution in [3.8, 4) is 0 Å². The third-order valence-electron chi connectivity index (χ3n) is 3.45. The average molecular weight is 331 g/mol. The molecule has 1 N–H and O–H groups in total. The summed E-state index contributed by atoms with van der Waals surface area (Å²) in [5.74, 6) is 0. The van der Waals surface area contributed by atoms with Crippen LogP contribution in [0.25, 0.3) is 0 Å². The van der Waals surface area contributed by atoms with Crippen LogP contribution in [0.3, 0.4) is 0 Å². The van der Waals surface area contributed by atoms with Gasteiger partial charge in [-0.3, -0.25) is 0 Å². The second-order valence-corrected chi connectivity index (χ2v) is 5.98. The molecule has 2 aromatic carbocycles. The quantitative estimate of drug-likeness (QED) is 0.830. The van der Waals surface area contributed by atoms with Crippen LogP contribution in [-0.4, -0.2) is 10.9 Å². The highest BCUT2D eigenvalue weighted by Gasteiger charge is 2.23. The van der Waals surface area contributed by atoms with Crippen molar-refractivity contribution in [2.45, 2.75) is 20.0 Å². The van der Waals surface area contributed by atoms with E-state index in [0.29, 0.717) is 13.1 Å². The first-order valence-electron chi connectivity index (χ1n) is 6.52. The summed E-state index contributed by atoms with van der Waals surface area (Å²) in [6, 6.07) is 13.9. The lowest BCUT2D eigenvalue weighted by atomic mass is 10.1. The molecule has 1 aliphatic rings. The van der Waals surface area contributed by atoms with Crippen LogP contribution in [0.5, 0.6) is 0 Å². The van der Waals surface area contributed by atoms with Gasteiger partial charge >= 0.3 is 6.03 Å². The molecule has 3 nitrogen and oxygen atoms in total. The number of carbonyl (C=O) groups is 1. The molecule has 4 heteroatoms. The summed E-state index contributed by atoms with van der Waals surface area (Å²) in [6.45, 7) is 3.34. The van der Waals surface area contributed by atoms with Crippen molar-refractivity contribution in [3.63, 3.8) is 0 Å². The third kappa shape index (κ3) is 2.70. The topological polar surface area (TPSA) is 32.3 Å². The first-order chi connectivity index (χ1) is 9.61. The fourth-order valence-corrected chi connectivity index (χ4v) is 2.84. The molecule has 0 aromatic heterocycles. The fraction of sp³-hybridized carbons (Fsp3) is 0.188. The van der Waals surface area contributed by atoms with Gasteiger partial charge < -0.3 is 10.2 Å². The molecule has 0 aliphatic carbocycles. The Morgan fingerprint density at radius 3 is 2.75 bits per heavy atom. The van der Waals surface area contributed by atoms with Crippen molar-refractivity contribution in [3.05, 3.63) is 63.6 Å². The molecule has 0 bridgehead atoms. The Balaban J connectivity index is 1.71. The Kier molecular flexibility index (Phi) is 3.49. The average Bonchev–Trinajstić information content (AvgIpc) is 2.81. The molecule has 102 valence electrons. The van der Waals surface area contributed by atoms with Crippen LogP contribution in [0.1, 0.15) is 16.7 Å². The predicted octanol–water partition coefficient (Wildman–Crippen LogP) is 4.31. The Morgan fingerprint density at radius 1 is 1.15 bits per heavy atom. The van der Waals surface area contributed by atoms with Crippen LogP contribution >= 0.6 is 15.9 Å². The zero-order valence-corrected chi connectivity index (χ0v) is 12.8. The molecule has 0 radical (unpaired) electrons. The van der Waals surface area contributed by atoms with Gasteiger partial charge in [-0.2, -0.15) is 0 Å². The molecule has 2 aromatic rings. The Morgan fingerprint density at radius 2 is 1.95 bits per heavy atom. The number of halogens is 1. The first-order valence-corrected chi connectivity index (χ1v) is 7.31. The molecular weight excluding hydrogens is 316 g/mol. The zero-order valence-electron chi connectivity index (χ0n) is 11.2. The van der Waals surface area contributed by atoms with Gasteiger partial charge in [0.05, 0.1) is 0 Å². The number of benzene rings is 2. The number of hydrogen-bond donors (Lipinski definition) is 1. The van der Waals surface area contributed by atoms with E-state index >= 15 is 0 Å². The van der Waals surface area contributed by atoms with Crippen LogP contribution in [-0.2, 0) is 13.1 Å². The Hall–Kier alpha value is -1.81. The number of amides is 2. The van der Waals surface area contributed by atoms with Gasteiger partial charge in [0.15, 0.2) is 0 Å². The number of hydrogen-bond acceptors (Lipinski definition) is 1. The van der Waals surface area contributed by atoms with E-state index in [0.717, 1.165) is 15.7 Å². The van der Waals surface area contributed by atoms with Gasteiger partial charge in [0.25, 0.3) is 0 Å². The maximum atomic E-state index is 12.3. The number of nitrogens with one attached hydrogen (secondary N) is 1. The highest BCUT2D eigenvalue weighted by Crippen LogP contribution is 2.26. The summed E-state index contributed by atoms with van der Waals surface area (Å²) in [6.07, 6.45) is 0. The van der Waals surface area contributed by atoms with E-state index in [2.05, 4.69) is 33.4 Å². The lowest BCUT2D eigenvalue weighted by Gasteiger charge is -2.16. The molecule has 0 saturated carbocycles. The minimum absolute atomic E-state index is 0.0528. The summed E-state index contributed by atoms with van der Waals surface area (Å²) in [4.78, 5) is 14.1. The lowest BCUT2D eigenvalue weighted by Crippen LogP contribution is -2.30. The molecule has 1 aliphatic heterocycles.